The smallest absolute Gasteiger partial charge is 0.338 e. The number of fused-ring (bicyclic) bond motifs is 7. The van der Waals surface area contributed by atoms with Crippen molar-refractivity contribution >= 4 is 5.97 Å². The topological polar surface area (TPSA) is 354 Å². The molecule has 0 aromatic heterocycles. The highest BCUT2D eigenvalue weighted by Crippen LogP contribution is 2.75. The minimum absolute atomic E-state index is 0.0992. The predicted molar refractivity (Wildman–Crippen MR) is 252 cm³/mol. The van der Waals surface area contributed by atoms with Crippen LogP contribution < -0.4 is 0 Å². The van der Waals surface area contributed by atoms with Crippen molar-refractivity contribution in [2.24, 2.45) is 39.4 Å². The van der Waals surface area contributed by atoms with Crippen LogP contribution in [0.25, 0.3) is 0 Å². The summed E-state index contributed by atoms with van der Waals surface area (Å²) < 4.78 is 49.1. The van der Waals surface area contributed by atoms with E-state index in [0.717, 1.165) is 31.3 Å². The zero-order valence-electron chi connectivity index (χ0n) is 43.0. The largest absolute Gasteiger partial charge is 0.456 e. The average Bonchev–Trinajstić information content (AvgIpc) is 3.36. The van der Waals surface area contributed by atoms with Gasteiger partial charge in [-0.3, -0.25) is 0 Å². The van der Waals surface area contributed by atoms with Gasteiger partial charge in [-0.15, -0.1) is 0 Å². The van der Waals surface area contributed by atoms with Crippen LogP contribution in [0.3, 0.4) is 0 Å². The summed E-state index contributed by atoms with van der Waals surface area (Å²) in [5.41, 5.74) is 0.0563. The summed E-state index contributed by atoms with van der Waals surface area (Å²) in [6.45, 7) is 13.3. The molecule has 27 atom stereocenters. The van der Waals surface area contributed by atoms with Crippen LogP contribution >= 0.6 is 0 Å². The third-order valence-corrected chi connectivity index (χ3v) is 20.3. The standard InChI is InChI=1S/C52H82O22/c1-22-9-14-52(74-44(66)42-38(63)35(60)32(57)26(18-53)68-42)16-15-50(5)23(24(52)17-22)7-8-30-49(4)12-11-31(48(2,3)29(49)10-13-51(30,50)6)71-47-43(73-46-40(65)37(62)34(59)28(20-55)70-46)41(25(56)21-67-47)72-45-39(64)36(61)33(58)27(19-54)69-45/h7,24-43,45-47,53-65H,1,8-21H2,2-6H3. The molecule has 8 fully saturated rings. The molecule has 27 unspecified atom stereocenters. The molecular formula is C52H82O22. The van der Waals surface area contributed by atoms with Gasteiger partial charge in [0, 0.05) is 5.92 Å². The van der Waals surface area contributed by atoms with Crippen LogP contribution in [0, 0.1) is 39.4 Å². The van der Waals surface area contributed by atoms with E-state index in [1.54, 1.807) is 0 Å². The van der Waals surface area contributed by atoms with E-state index >= 15 is 0 Å². The molecular weight excluding hydrogens is 977 g/mol. The lowest BCUT2D eigenvalue weighted by molar-refractivity contribution is -0.389. The number of aliphatic hydroxyl groups excluding tert-OH is 13. The maximum absolute atomic E-state index is 14.1. The van der Waals surface area contributed by atoms with E-state index in [-0.39, 0.29) is 40.6 Å². The highest BCUT2D eigenvalue weighted by atomic mass is 16.8. The van der Waals surface area contributed by atoms with Crippen LogP contribution in [0.15, 0.2) is 23.8 Å². The van der Waals surface area contributed by atoms with Crippen molar-refractivity contribution in [1.29, 1.82) is 0 Å². The first kappa shape index (κ1) is 56.9. The fourth-order valence-corrected chi connectivity index (χ4v) is 15.8. The Morgan fingerprint density at radius 1 is 0.635 bits per heavy atom. The van der Waals surface area contributed by atoms with Crippen molar-refractivity contribution in [2.45, 2.75) is 227 Å². The monoisotopic (exact) mass is 1060 g/mol. The Balaban J connectivity index is 0.967. The first-order chi connectivity index (χ1) is 34.8. The van der Waals surface area contributed by atoms with E-state index in [4.69, 9.17) is 37.9 Å². The van der Waals surface area contributed by atoms with Gasteiger partial charge in [0.15, 0.2) is 25.0 Å². The molecule has 0 radical (unpaired) electrons. The molecule has 74 heavy (non-hydrogen) atoms. The number of allylic oxidation sites excluding steroid dienone is 2. The number of carbonyl (C=O) groups is 1. The van der Waals surface area contributed by atoms with Gasteiger partial charge < -0.3 is 104 Å². The van der Waals surface area contributed by atoms with Crippen molar-refractivity contribution in [3.63, 3.8) is 0 Å². The molecule has 9 aliphatic rings. The molecule has 0 spiro atoms. The lowest BCUT2D eigenvalue weighted by Gasteiger charge is -2.71. The van der Waals surface area contributed by atoms with Crippen LogP contribution in [0.1, 0.15) is 98.8 Å². The van der Waals surface area contributed by atoms with Crippen molar-refractivity contribution < 1.29 is 109 Å². The van der Waals surface area contributed by atoms with E-state index in [0.29, 0.717) is 38.5 Å². The Kier molecular flexibility index (Phi) is 16.1. The Hall–Kier alpha value is -1.85. The van der Waals surface area contributed by atoms with E-state index in [1.807, 2.05) is 0 Å². The second-order valence-electron chi connectivity index (χ2n) is 24.4. The Labute approximate surface area is 430 Å². The van der Waals surface area contributed by atoms with Gasteiger partial charge in [0.05, 0.1) is 32.5 Å². The van der Waals surface area contributed by atoms with Gasteiger partial charge in [-0.2, -0.15) is 0 Å². The highest BCUT2D eigenvalue weighted by Gasteiger charge is 2.69. The Bertz CT molecular complexity index is 2050. The van der Waals surface area contributed by atoms with Gasteiger partial charge in [-0.25, -0.2) is 4.79 Å². The second-order valence-corrected chi connectivity index (χ2v) is 24.4. The van der Waals surface area contributed by atoms with Gasteiger partial charge in [0.2, 0.25) is 0 Å². The molecule has 9 rings (SSSR count). The summed E-state index contributed by atoms with van der Waals surface area (Å²) in [6.07, 6.45) is -22.3. The molecule has 0 aromatic carbocycles. The van der Waals surface area contributed by atoms with E-state index < -0.39 is 159 Å². The third kappa shape index (κ3) is 9.18. The van der Waals surface area contributed by atoms with Crippen LogP contribution in [-0.2, 0) is 42.7 Å². The SMILES string of the molecule is C=C1CCC2(OC(=O)C3OC(CO)C(O)C(O)C3O)CCC3(C)C(=CCC4C5(C)CCC(OC6OCC(O)C(OC7OC(CO)C(O)C(O)C7O)C6OC6OC(CO)C(O)C(O)C6O)C(C)(C)C5CCC43C)C2C1. The number of ether oxygens (including phenoxy) is 8. The lowest BCUT2D eigenvalue weighted by Crippen LogP contribution is -2.67. The maximum Gasteiger partial charge on any atom is 0.338 e. The normalized spacial score (nSPS) is 53.4. The molecule has 4 aliphatic heterocycles. The molecule has 422 valence electrons. The third-order valence-electron chi connectivity index (χ3n) is 20.3. The predicted octanol–water partition coefficient (Wildman–Crippen LogP) is -2.07. The molecule has 0 aromatic rings. The number of carbonyl (C=O) groups excluding carboxylic acids is 1. The number of rotatable bonds is 11. The van der Waals surface area contributed by atoms with Crippen LogP contribution in [0.5, 0.6) is 0 Å². The summed E-state index contributed by atoms with van der Waals surface area (Å²) in [5, 5.41) is 137. The zero-order valence-corrected chi connectivity index (χ0v) is 43.0. The van der Waals surface area contributed by atoms with E-state index in [9.17, 15) is 71.2 Å². The van der Waals surface area contributed by atoms with E-state index in [2.05, 4.69) is 47.3 Å². The molecule has 4 saturated heterocycles. The first-order valence-corrected chi connectivity index (χ1v) is 26.6. The summed E-state index contributed by atoms with van der Waals surface area (Å²) in [6, 6.07) is 0. The molecule has 0 amide bonds. The Morgan fingerprint density at radius 2 is 1.20 bits per heavy atom. The number of hydrogen-bond donors (Lipinski definition) is 13. The zero-order chi connectivity index (χ0) is 53.8. The second kappa shape index (κ2) is 21.0. The first-order valence-electron chi connectivity index (χ1n) is 26.6. The van der Waals surface area contributed by atoms with Crippen LogP contribution in [0.2, 0.25) is 0 Å². The molecule has 22 nitrogen and oxygen atoms in total. The Morgan fingerprint density at radius 3 is 1.80 bits per heavy atom. The molecule has 5 aliphatic carbocycles. The molecule has 4 saturated carbocycles. The van der Waals surface area contributed by atoms with Crippen molar-refractivity contribution in [3.8, 4) is 0 Å². The van der Waals surface area contributed by atoms with Crippen molar-refractivity contribution in [3.05, 3.63) is 23.8 Å². The fourth-order valence-electron chi connectivity index (χ4n) is 15.8. The minimum Gasteiger partial charge on any atom is -0.456 e. The maximum atomic E-state index is 14.1. The quantitative estimate of drug-likeness (QED) is 0.0600. The van der Waals surface area contributed by atoms with Gasteiger partial charge in [0.25, 0.3) is 0 Å². The average molecular weight is 1060 g/mol. The number of aliphatic hydroxyl groups is 13. The highest BCUT2D eigenvalue weighted by molar-refractivity contribution is 5.76. The van der Waals surface area contributed by atoms with Gasteiger partial charge in [-0.1, -0.05) is 58.4 Å². The summed E-state index contributed by atoms with van der Waals surface area (Å²) in [4.78, 5) is 14.1. The lowest BCUT2D eigenvalue weighted by atomic mass is 9.34. The van der Waals surface area contributed by atoms with Gasteiger partial charge in [-0.05, 0) is 97.7 Å². The fraction of sp³-hybridized carbons (Fsp3) is 0.904. The van der Waals surface area contributed by atoms with E-state index in [1.165, 1.54) is 5.57 Å². The number of hydrogen-bond acceptors (Lipinski definition) is 22. The van der Waals surface area contributed by atoms with Crippen LogP contribution in [0.4, 0.5) is 0 Å². The molecule has 22 heteroatoms. The minimum atomic E-state index is -1.88. The molecule has 0 bridgehead atoms. The molecule has 4 heterocycles. The summed E-state index contributed by atoms with van der Waals surface area (Å²) in [5.74, 6) is -0.752. The van der Waals surface area contributed by atoms with Crippen LogP contribution in [-0.4, -0.2) is 227 Å². The van der Waals surface area contributed by atoms with Crippen molar-refractivity contribution in [1.82, 2.24) is 0 Å². The van der Waals surface area contributed by atoms with Gasteiger partial charge in [0.1, 0.15) is 97.2 Å². The molecule has 13 N–H and O–H groups in total. The number of esters is 1. The summed E-state index contributed by atoms with van der Waals surface area (Å²) in [7, 11) is 0. The van der Waals surface area contributed by atoms with Crippen molar-refractivity contribution in [2.75, 3.05) is 26.4 Å². The summed E-state index contributed by atoms with van der Waals surface area (Å²) >= 11 is 0. The van der Waals surface area contributed by atoms with Gasteiger partial charge >= 0.3 is 5.97 Å².